The summed E-state index contributed by atoms with van der Waals surface area (Å²) in [7, 11) is 3.28. The van der Waals surface area contributed by atoms with Gasteiger partial charge in [-0.25, -0.2) is 0 Å². The first-order valence-electron chi connectivity index (χ1n) is 21.8. The van der Waals surface area contributed by atoms with Crippen molar-refractivity contribution in [1.82, 2.24) is 16.0 Å². The van der Waals surface area contributed by atoms with Crippen LogP contribution in [0.1, 0.15) is 11.1 Å². The van der Waals surface area contributed by atoms with Gasteiger partial charge in [-0.05, 0) is 24.3 Å². The fourth-order valence-electron chi connectivity index (χ4n) is 5.09. The number of aliphatic imine (C=N–C) groups is 2. The second-order valence-corrected chi connectivity index (χ2v) is 13.3. The number of ether oxygens (including phenoxy) is 12. The maximum atomic E-state index is 10.6. The van der Waals surface area contributed by atoms with Gasteiger partial charge in [-0.3, -0.25) is 9.98 Å². The molecule has 2 aromatic rings. The van der Waals surface area contributed by atoms with Crippen LogP contribution in [0.3, 0.4) is 0 Å². The quantitative estimate of drug-likeness (QED) is 0.0472. The van der Waals surface area contributed by atoms with E-state index >= 15 is 0 Å². The molecule has 0 aliphatic heterocycles. The molecule has 5 N–H and O–H groups in total. The van der Waals surface area contributed by atoms with Crippen LogP contribution >= 0.6 is 0 Å². The lowest BCUT2D eigenvalue weighted by Crippen LogP contribution is -2.34. The number of hydrogen-bond donors (Lipinski definition) is 5. The highest BCUT2D eigenvalue weighted by molar-refractivity contribution is 5.85. The highest BCUT2D eigenvalue weighted by atomic mass is 16.6. The first-order valence-corrected chi connectivity index (χ1v) is 21.8. The zero-order valence-electron chi connectivity index (χ0n) is 37.6. The molecular weight excluding hydrogens is 823 g/mol. The summed E-state index contributed by atoms with van der Waals surface area (Å²) in [4.78, 5) is 8.86. The van der Waals surface area contributed by atoms with Gasteiger partial charge < -0.3 is 83.0 Å². The van der Waals surface area contributed by atoms with E-state index in [0.717, 1.165) is 26.2 Å². The minimum Gasteiger partial charge on any atom is -0.504 e. The summed E-state index contributed by atoms with van der Waals surface area (Å²) in [5, 5.41) is 31.3. The number of nitrogens with one attached hydrogen (secondary N) is 3. The van der Waals surface area contributed by atoms with Gasteiger partial charge in [0, 0.05) is 77.0 Å². The first-order chi connectivity index (χ1) is 31.2. The van der Waals surface area contributed by atoms with Gasteiger partial charge in [0.25, 0.3) is 0 Å². The van der Waals surface area contributed by atoms with Crippen LogP contribution in [0, 0.1) is 0 Å². The fraction of sp³-hybridized carbons (Fsp3) is 0.682. The molecule has 0 aromatic heterocycles. The molecular formula is C44H75N5O14. The highest BCUT2D eigenvalue weighted by Gasteiger charge is 2.08. The molecule has 0 aliphatic rings. The Morgan fingerprint density at radius 3 is 1.00 bits per heavy atom. The van der Waals surface area contributed by atoms with E-state index in [9.17, 15) is 10.2 Å². The molecule has 0 unspecified atom stereocenters. The van der Waals surface area contributed by atoms with Gasteiger partial charge in [-0.2, -0.15) is 0 Å². The molecule has 0 radical (unpaired) electrons. The van der Waals surface area contributed by atoms with Gasteiger partial charge in [-0.1, -0.05) is 12.1 Å². The number of benzene rings is 2. The second-order valence-electron chi connectivity index (χ2n) is 13.3. The van der Waals surface area contributed by atoms with Crippen molar-refractivity contribution in [2.24, 2.45) is 9.98 Å². The number of para-hydroxylation sites is 2. The summed E-state index contributed by atoms with van der Waals surface area (Å²) < 4.78 is 64.8. The van der Waals surface area contributed by atoms with Gasteiger partial charge in [0.15, 0.2) is 23.0 Å². The molecule has 19 heteroatoms. The van der Waals surface area contributed by atoms with Gasteiger partial charge >= 0.3 is 0 Å². The highest BCUT2D eigenvalue weighted by Crippen LogP contribution is 2.29. The molecule has 360 valence electrons. The third kappa shape index (κ3) is 31.9. The zero-order valence-corrected chi connectivity index (χ0v) is 37.6. The maximum absolute atomic E-state index is 10.6. The fourth-order valence-corrected chi connectivity index (χ4v) is 5.09. The van der Waals surface area contributed by atoms with Crippen LogP contribution in [0.15, 0.2) is 46.4 Å². The lowest BCUT2D eigenvalue weighted by atomic mass is 10.2. The number of rotatable bonds is 46. The van der Waals surface area contributed by atoms with Gasteiger partial charge in [0.05, 0.1) is 132 Å². The van der Waals surface area contributed by atoms with Crippen molar-refractivity contribution < 1.29 is 67.1 Å². The summed E-state index contributed by atoms with van der Waals surface area (Å²) in [6.45, 7) is 15.3. The number of hydrogen-bond acceptors (Lipinski definition) is 19. The summed E-state index contributed by atoms with van der Waals surface area (Å²) in [6, 6.07) is 10.6. The van der Waals surface area contributed by atoms with Crippen molar-refractivity contribution in [2.45, 2.75) is 0 Å². The topological polar surface area (TPSA) is 212 Å². The molecule has 0 atom stereocenters. The summed E-state index contributed by atoms with van der Waals surface area (Å²) in [5.74, 6) is 0.866. The Labute approximate surface area is 374 Å². The van der Waals surface area contributed by atoms with Crippen LogP contribution in [0.2, 0.25) is 0 Å². The molecule has 63 heavy (non-hydrogen) atoms. The Hall–Kier alpha value is -3.54. The Morgan fingerprint density at radius 2 is 0.683 bits per heavy atom. The second kappa shape index (κ2) is 42.4. The van der Waals surface area contributed by atoms with Crippen molar-refractivity contribution in [3.8, 4) is 23.0 Å². The molecule has 0 fully saturated rings. The standard InChI is InChI=1S/C44H75N5O14/c1-52-17-19-54-21-23-56-25-27-58-29-31-60-33-35-62-41-7-3-5-39(43(41)50)37-48-15-13-46-11-9-45-10-12-47-14-16-49-38-40-6-4-8-42(44(40)51)63-36-34-61-32-30-59-28-26-57-24-22-55-20-18-53-2/h3-8,37-38,45-47,50-51H,9-36H2,1-2H3. The van der Waals surface area contributed by atoms with Crippen LogP contribution in [0.4, 0.5) is 0 Å². The van der Waals surface area contributed by atoms with Crippen molar-refractivity contribution in [2.75, 3.05) is 199 Å². The first kappa shape index (κ1) is 55.6. The van der Waals surface area contributed by atoms with Gasteiger partial charge in [0.1, 0.15) is 13.2 Å². The van der Waals surface area contributed by atoms with E-state index in [1.807, 2.05) is 12.1 Å². The third-order valence-corrected chi connectivity index (χ3v) is 8.38. The molecule has 0 bridgehead atoms. The van der Waals surface area contributed by atoms with Crippen molar-refractivity contribution in [3.63, 3.8) is 0 Å². The molecule has 0 heterocycles. The van der Waals surface area contributed by atoms with E-state index in [1.54, 1.807) is 50.9 Å². The maximum Gasteiger partial charge on any atom is 0.166 e. The predicted molar refractivity (Wildman–Crippen MR) is 241 cm³/mol. The number of phenolic OH excluding ortho intramolecular Hbond substituents is 2. The SMILES string of the molecule is COCCOCCOCCOCCOCCOc1cccc(C=NCCNCCNCCNCCN=Cc2cccc(OCCOCCOCCOCCOCCOC)c2O)c1O. The van der Waals surface area contributed by atoms with E-state index in [2.05, 4.69) is 25.9 Å². The summed E-state index contributed by atoms with van der Waals surface area (Å²) >= 11 is 0. The van der Waals surface area contributed by atoms with E-state index < -0.39 is 0 Å². The van der Waals surface area contributed by atoms with Crippen LogP contribution < -0.4 is 25.4 Å². The Bertz CT molecular complexity index is 1300. The minimum absolute atomic E-state index is 0.0496. The molecule has 0 amide bonds. The van der Waals surface area contributed by atoms with E-state index in [1.165, 1.54) is 0 Å². The normalized spacial score (nSPS) is 11.7. The van der Waals surface area contributed by atoms with Gasteiger partial charge in [0.2, 0.25) is 0 Å². The summed E-state index contributed by atoms with van der Waals surface area (Å²) in [5.41, 5.74) is 1.18. The number of aromatic hydroxyl groups is 2. The van der Waals surface area contributed by atoms with Crippen molar-refractivity contribution in [1.29, 1.82) is 0 Å². The molecule has 0 saturated carbocycles. The Morgan fingerprint density at radius 1 is 0.397 bits per heavy atom. The third-order valence-electron chi connectivity index (χ3n) is 8.38. The van der Waals surface area contributed by atoms with Crippen LogP contribution in [0.5, 0.6) is 23.0 Å². The van der Waals surface area contributed by atoms with Crippen molar-refractivity contribution in [3.05, 3.63) is 47.5 Å². The molecule has 0 spiro atoms. The number of phenols is 2. The number of nitrogens with zero attached hydrogens (tertiary/aromatic N) is 2. The van der Waals surface area contributed by atoms with E-state index in [4.69, 9.17) is 56.8 Å². The van der Waals surface area contributed by atoms with Crippen LogP contribution in [-0.4, -0.2) is 221 Å². The average Bonchev–Trinajstić information content (AvgIpc) is 3.29. The molecule has 2 rings (SSSR count). The lowest BCUT2D eigenvalue weighted by Gasteiger charge is -2.10. The van der Waals surface area contributed by atoms with E-state index in [0.29, 0.717) is 181 Å². The smallest absolute Gasteiger partial charge is 0.166 e. The molecule has 0 saturated heterocycles. The minimum atomic E-state index is 0.0496. The summed E-state index contributed by atoms with van der Waals surface area (Å²) in [6.07, 6.45) is 3.31. The van der Waals surface area contributed by atoms with Crippen LogP contribution in [0.25, 0.3) is 0 Å². The Balaban J connectivity index is 1.39. The van der Waals surface area contributed by atoms with Crippen molar-refractivity contribution >= 4 is 12.4 Å². The molecule has 19 nitrogen and oxygen atoms in total. The largest absolute Gasteiger partial charge is 0.504 e. The van der Waals surface area contributed by atoms with Gasteiger partial charge in [-0.15, -0.1) is 0 Å². The zero-order chi connectivity index (χ0) is 44.9. The Kier molecular flexibility index (Phi) is 37.4. The van der Waals surface area contributed by atoms with Crippen LogP contribution in [-0.2, 0) is 47.4 Å². The predicted octanol–water partition coefficient (Wildman–Crippen LogP) is 1.59. The number of methoxy groups -OCH3 is 2. The lowest BCUT2D eigenvalue weighted by molar-refractivity contribution is -0.00982. The average molecular weight is 898 g/mol. The molecule has 2 aromatic carbocycles. The van der Waals surface area contributed by atoms with E-state index in [-0.39, 0.29) is 11.5 Å². The monoisotopic (exact) mass is 898 g/mol. The molecule has 0 aliphatic carbocycles.